The average Bonchev–Trinajstić information content (AvgIpc) is 3.66. The van der Waals surface area contributed by atoms with E-state index >= 15 is 0 Å². The van der Waals surface area contributed by atoms with Crippen molar-refractivity contribution in [3.63, 3.8) is 0 Å². The van der Waals surface area contributed by atoms with Crippen LogP contribution in [0.25, 0.3) is 82.8 Å². The van der Waals surface area contributed by atoms with Gasteiger partial charge in [-0.2, -0.15) is 0 Å². The van der Waals surface area contributed by atoms with E-state index in [1.807, 2.05) is 0 Å². The summed E-state index contributed by atoms with van der Waals surface area (Å²) in [6.45, 7) is 0. The molecule has 0 radical (unpaired) electrons. The van der Waals surface area contributed by atoms with Crippen molar-refractivity contribution in [2.75, 3.05) is 4.90 Å². The van der Waals surface area contributed by atoms with Crippen LogP contribution in [0.2, 0.25) is 0 Å². The first-order valence-corrected chi connectivity index (χ1v) is 20.6. The minimum atomic E-state index is 1.08. The second-order valence-electron chi connectivity index (χ2n) is 15.3. The number of hydrogen-bond acceptors (Lipinski definition) is 1. The van der Waals surface area contributed by atoms with Gasteiger partial charge in [-0.15, -0.1) is 0 Å². The molecule has 11 rings (SSSR count). The van der Waals surface area contributed by atoms with Crippen LogP contribution in [0.1, 0.15) is 0 Å². The van der Waals surface area contributed by atoms with Gasteiger partial charge in [0.05, 0.1) is 22.4 Å². The number of aromatic nitrogens is 1. The van der Waals surface area contributed by atoms with E-state index in [-0.39, 0.29) is 0 Å². The zero-order valence-electron chi connectivity index (χ0n) is 33.0. The molecular weight excluding hydrogens is 725 g/mol. The molecule has 11 aromatic rings. The van der Waals surface area contributed by atoms with Crippen molar-refractivity contribution >= 4 is 49.6 Å². The summed E-state index contributed by atoms with van der Waals surface area (Å²) < 4.78 is 2.41. The molecule has 2 heteroatoms. The molecular formula is C58H40N2. The summed E-state index contributed by atoms with van der Waals surface area (Å²) >= 11 is 0. The Hall–Kier alpha value is -7.94. The van der Waals surface area contributed by atoms with Crippen LogP contribution in [0, 0.1) is 0 Å². The van der Waals surface area contributed by atoms with E-state index in [1.165, 1.54) is 66.0 Å². The van der Waals surface area contributed by atoms with Crippen LogP contribution >= 0.6 is 0 Å². The van der Waals surface area contributed by atoms with Gasteiger partial charge in [0.15, 0.2) is 0 Å². The first kappa shape index (κ1) is 35.2. The fourth-order valence-electron chi connectivity index (χ4n) is 8.91. The number of nitrogens with zero attached hydrogens (tertiary/aromatic N) is 2. The zero-order valence-corrected chi connectivity index (χ0v) is 33.0. The molecule has 0 aliphatic rings. The Labute approximate surface area is 350 Å². The molecule has 1 heterocycles. The molecule has 0 amide bonds. The summed E-state index contributed by atoms with van der Waals surface area (Å²) in [7, 11) is 0. The molecule has 10 aromatic carbocycles. The first-order valence-electron chi connectivity index (χ1n) is 20.6. The molecule has 282 valence electrons. The number of benzene rings is 10. The van der Waals surface area contributed by atoms with Gasteiger partial charge in [0, 0.05) is 33.3 Å². The van der Waals surface area contributed by atoms with E-state index < -0.39 is 0 Å². The lowest BCUT2D eigenvalue weighted by atomic mass is 9.96. The molecule has 0 N–H and O–H groups in total. The summed E-state index contributed by atoms with van der Waals surface area (Å²) in [5.41, 5.74) is 16.3. The van der Waals surface area contributed by atoms with Crippen LogP contribution in [-0.4, -0.2) is 4.57 Å². The third-order valence-corrected chi connectivity index (χ3v) is 11.8. The predicted molar refractivity (Wildman–Crippen MR) is 255 cm³/mol. The highest BCUT2D eigenvalue weighted by atomic mass is 15.1. The second-order valence-corrected chi connectivity index (χ2v) is 15.3. The topological polar surface area (TPSA) is 8.17 Å². The van der Waals surface area contributed by atoms with Gasteiger partial charge in [0.25, 0.3) is 0 Å². The minimum absolute atomic E-state index is 1.08. The molecule has 60 heavy (non-hydrogen) atoms. The maximum Gasteiger partial charge on any atom is 0.0541 e. The first-order chi connectivity index (χ1) is 29.8. The van der Waals surface area contributed by atoms with Crippen molar-refractivity contribution in [2.24, 2.45) is 0 Å². The fourth-order valence-corrected chi connectivity index (χ4v) is 8.91. The number of rotatable bonds is 8. The molecule has 0 saturated carbocycles. The van der Waals surface area contributed by atoms with Crippen LogP contribution in [0.5, 0.6) is 0 Å². The van der Waals surface area contributed by atoms with Crippen LogP contribution < -0.4 is 4.90 Å². The Morgan fingerprint density at radius 2 is 0.800 bits per heavy atom. The van der Waals surface area contributed by atoms with Crippen molar-refractivity contribution in [1.82, 2.24) is 4.57 Å². The number of fused-ring (bicyclic) bond motifs is 4. The molecule has 1 aromatic heterocycles. The molecule has 0 aliphatic carbocycles. The number of anilines is 3. The SMILES string of the molecule is c1ccc(-c2ccccc2N(c2ccc(-c3ccccc3-n3c4ccccc4c4ccccc43)cc2)c2cccc(-c3cccc(-c4ccc5ccccc5c4)c3)c2)cc1. The second kappa shape index (κ2) is 15.1. The van der Waals surface area contributed by atoms with Crippen LogP contribution in [-0.2, 0) is 0 Å². The van der Waals surface area contributed by atoms with E-state index in [0.29, 0.717) is 0 Å². The smallest absolute Gasteiger partial charge is 0.0541 e. The van der Waals surface area contributed by atoms with E-state index in [0.717, 1.165) is 33.9 Å². The van der Waals surface area contributed by atoms with E-state index in [4.69, 9.17) is 0 Å². The van der Waals surface area contributed by atoms with Gasteiger partial charge in [0.1, 0.15) is 0 Å². The van der Waals surface area contributed by atoms with Gasteiger partial charge >= 0.3 is 0 Å². The Morgan fingerprint density at radius 3 is 1.55 bits per heavy atom. The van der Waals surface area contributed by atoms with E-state index in [9.17, 15) is 0 Å². The molecule has 2 nitrogen and oxygen atoms in total. The Morgan fingerprint density at radius 1 is 0.283 bits per heavy atom. The molecule has 0 unspecified atom stereocenters. The average molecular weight is 765 g/mol. The van der Waals surface area contributed by atoms with Crippen molar-refractivity contribution in [2.45, 2.75) is 0 Å². The summed E-state index contributed by atoms with van der Waals surface area (Å²) in [6, 6.07) is 87.9. The van der Waals surface area contributed by atoms with Gasteiger partial charge in [-0.25, -0.2) is 0 Å². The van der Waals surface area contributed by atoms with Gasteiger partial charge in [-0.1, -0.05) is 182 Å². The van der Waals surface area contributed by atoms with Crippen molar-refractivity contribution in [1.29, 1.82) is 0 Å². The maximum atomic E-state index is 2.41. The third kappa shape index (κ3) is 6.32. The molecule has 0 saturated heterocycles. The summed E-state index contributed by atoms with van der Waals surface area (Å²) in [5, 5.41) is 5.01. The van der Waals surface area contributed by atoms with Gasteiger partial charge in [0.2, 0.25) is 0 Å². The monoisotopic (exact) mass is 764 g/mol. The zero-order chi connectivity index (χ0) is 39.8. The lowest BCUT2D eigenvalue weighted by molar-refractivity contribution is 1.18. The summed E-state index contributed by atoms with van der Waals surface area (Å²) in [6.07, 6.45) is 0. The highest BCUT2D eigenvalue weighted by Gasteiger charge is 2.19. The molecule has 0 spiro atoms. The number of para-hydroxylation sites is 4. The normalized spacial score (nSPS) is 11.3. The predicted octanol–water partition coefficient (Wildman–Crippen LogP) is 16.1. The van der Waals surface area contributed by atoms with Crippen LogP contribution in [0.3, 0.4) is 0 Å². The van der Waals surface area contributed by atoms with Crippen LogP contribution in [0.4, 0.5) is 17.1 Å². The lowest BCUT2D eigenvalue weighted by Gasteiger charge is -2.28. The Balaban J connectivity index is 1.03. The van der Waals surface area contributed by atoms with E-state index in [1.54, 1.807) is 0 Å². The highest BCUT2D eigenvalue weighted by Crippen LogP contribution is 2.43. The third-order valence-electron chi connectivity index (χ3n) is 11.8. The van der Waals surface area contributed by atoms with Crippen LogP contribution in [0.15, 0.2) is 243 Å². The molecule has 0 atom stereocenters. The largest absolute Gasteiger partial charge is 0.310 e. The standard InChI is InChI=1S/C58H40N2/c1-2-17-42(18-3-1)51-24-6-10-28-55(51)59(50-23-15-22-47(40-50)45-20-14-21-46(39-45)48-33-32-41-16-4-5-19-44(41)38-48)49-36-34-43(35-37-49)52-25-7-11-29-56(52)60-57-30-12-8-26-53(57)54-27-9-13-31-58(54)60/h1-40H. The van der Waals surface area contributed by atoms with Gasteiger partial charge in [-0.05, 0) is 105 Å². The van der Waals surface area contributed by atoms with Crippen molar-refractivity contribution < 1.29 is 0 Å². The molecule has 0 aliphatic heterocycles. The van der Waals surface area contributed by atoms with Gasteiger partial charge < -0.3 is 9.47 Å². The quantitative estimate of drug-likeness (QED) is 0.150. The van der Waals surface area contributed by atoms with Crippen molar-refractivity contribution in [3.8, 4) is 50.2 Å². The Kier molecular flexibility index (Phi) is 8.87. The minimum Gasteiger partial charge on any atom is -0.310 e. The van der Waals surface area contributed by atoms with Gasteiger partial charge in [-0.3, -0.25) is 0 Å². The molecule has 0 fully saturated rings. The lowest BCUT2D eigenvalue weighted by Crippen LogP contribution is -2.11. The summed E-state index contributed by atoms with van der Waals surface area (Å²) in [4.78, 5) is 2.40. The number of hydrogen-bond donors (Lipinski definition) is 0. The maximum absolute atomic E-state index is 2.41. The summed E-state index contributed by atoms with van der Waals surface area (Å²) in [5.74, 6) is 0. The Bertz CT molecular complexity index is 3270. The van der Waals surface area contributed by atoms with E-state index in [2.05, 4.69) is 252 Å². The highest BCUT2D eigenvalue weighted by molar-refractivity contribution is 6.09. The van der Waals surface area contributed by atoms with Crippen molar-refractivity contribution in [3.05, 3.63) is 243 Å². The fraction of sp³-hybridized carbons (Fsp3) is 0. The molecule has 0 bridgehead atoms.